The summed E-state index contributed by atoms with van der Waals surface area (Å²) in [6.45, 7) is 5.86. The topological polar surface area (TPSA) is 21.3 Å². The molecular weight excluding hydrogens is 326 g/mol. The molecule has 0 unspecified atom stereocenters. The highest BCUT2D eigenvalue weighted by molar-refractivity contribution is 9.10. The Hall–Kier alpha value is -1.48. The summed E-state index contributed by atoms with van der Waals surface area (Å²) in [5.74, 6) is 0.948. The van der Waals surface area contributed by atoms with Crippen molar-refractivity contribution in [3.05, 3.63) is 58.1 Å². The predicted octanol–water partition coefficient (Wildman–Crippen LogP) is 5.55. The van der Waals surface area contributed by atoms with Crippen LogP contribution in [0.15, 0.2) is 46.9 Å². The Morgan fingerprint density at radius 1 is 1.10 bits per heavy atom. The summed E-state index contributed by atoms with van der Waals surface area (Å²) in [7, 11) is 0. The molecule has 0 spiro atoms. The highest BCUT2D eigenvalue weighted by Crippen LogP contribution is 2.24. The van der Waals surface area contributed by atoms with Crippen LogP contribution in [0.4, 0.5) is 5.69 Å². The van der Waals surface area contributed by atoms with Crippen molar-refractivity contribution in [3.8, 4) is 5.75 Å². The third kappa shape index (κ3) is 5.09. The first-order valence-corrected chi connectivity index (χ1v) is 8.20. The van der Waals surface area contributed by atoms with Crippen LogP contribution in [0.3, 0.4) is 0 Å². The Balaban J connectivity index is 1.90. The molecular formula is C18H22BrNO. The van der Waals surface area contributed by atoms with Crippen LogP contribution in [0, 0.1) is 6.92 Å². The van der Waals surface area contributed by atoms with Gasteiger partial charge in [0.15, 0.2) is 0 Å². The minimum atomic E-state index is 0.796. The number of hydrogen-bond donors (Lipinski definition) is 1. The van der Waals surface area contributed by atoms with E-state index in [1.165, 1.54) is 11.1 Å². The zero-order chi connectivity index (χ0) is 15.1. The summed E-state index contributed by atoms with van der Waals surface area (Å²) in [5.41, 5.74) is 3.62. The normalized spacial score (nSPS) is 10.4. The average molecular weight is 348 g/mol. The van der Waals surface area contributed by atoms with Gasteiger partial charge in [0.25, 0.3) is 0 Å². The number of aryl methyl sites for hydroxylation is 1. The van der Waals surface area contributed by atoms with E-state index in [-0.39, 0.29) is 0 Å². The predicted molar refractivity (Wildman–Crippen MR) is 93.1 cm³/mol. The van der Waals surface area contributed by atoms with Gasteiger partial charge >= 0.3 is 0 Å². The molecule has 1 N–H and O–H groups in total. The van der Waals surface area contributed by atoms with Crippen molar-refractivity contribution < 1.29 is 4.74 Å². The van der Waals surface area contributed by atoms with E-state index in [2.05, 4.69) is 65.4 Å². The Kier molecular flexibility index (Phi) is 6.12. The molecule has 21 heavy (non-hydrogen) atoms. The SMILES string of the molecule is CCCCOc1ccc(CNc2cc(C)ccc2Br)cc1. The number of halogens is 1. The molecule has 2 nitrogen and oxygen atoms in total. The minimum Gasteiger partial charge on any atom is -0.494 e. The van der Waals surface area contributed by atoms with Crippen LogP contribution in [0.25, 0.3) is 0 Å². The largest absolute Gasteiger partial charge is 0.494 e. The van der Waals surface area contributed by atoms with Crippen LogP contribution in [-0.4, -0.2) is 6.61 Å². The molecule has 0 bridgehead atoms. The van der Waals surface area contributed by atoms with Crippen LogP contribution in [0.2, 0.25) is 0 Å². The molecule has 0 radical (unpaired) electrons. The zero-order valence-corrected chi connectivity index (χ0v) is 14.2. The fraction of sp³-hybridized carbons (Fsp3) is 0.333. The summed E-state index contributed by atoms with van der Waals surface area (Å²) in [6, 6.07) is 14.6. The van der Waals surface area contributed by atoms with Crippen molar-refractivity contribution in [2.24, 2.45) is 0 Å². The van der Waals surface area contributed by atoms with Gasteiger partial charge in [0.1, 0.15) is 5.75 Å². The third-order valence-electron chi connectivity index (χ3n) is 3.29. The fourth-order valence-electron chi connectivity index (χ4n) is 2.01. The second kappa shape index (κ2) is 8.08. The summed E-state index contributed by atoms with van der Waals surface area (Å²) >= 11 is 3.57. The molecule has 0 aliphatic heterocycles. The van der Waals surface area contributed by atoms with Gasteiger partial charge in [-0.2, -0.15) is 0 Å². The van der Waals surface area contributed by atoms with Gasteiger partial charge in [-0.25, -0.2) is 0 Å². The zero-order valence-electron chi connectivity index (χ0n) is 12.7. The maximum Gasteiger partial charge on any atom is 0.119 e. The molecule has 0 saturated carbocycles. The summed E-state index contributed by atoms with van der Waals surface area (Å²) < 4.78 is 6.76. The van der Waals surface area contributed by atoms with E-state index in [4.69, 9.17) is 4.74 Å². The van der Waals surface area contributed by atoms with Gasteiger partial charge in [0, 0.05) is 16.7 Å². The van der Waals surface area contributed by atoms with Crippen molar-refractivity contribution in [2.75, 3.05) is 11.9 Å². The van der Waals surface area contributed by atoms with E-state index in [9.17, 15) is 0 Å². The first-order valence-electron chi connectivity index (χ1n) is 7.41. The first-order chi connectivity index (χ1) is 10.2. The molecule has 2 aromatic rings. The highest BCUT2D eigenvalue weighted by Gasteiger charge is 2.00. The van der Waals surface area contributed by atoms with Crippen LogP contribution >= 0.6 is 15.9 Å². The molecule has 0 aromatic heterocycles. The van der Waals surface area contributed by atoms with Gasteiger partial charge < -0.3 is 10.1 Å². The lowest BCUT2D eigenvalue weighted by Gasteiger charge is -2.10. The fourth-order valence-corrected chi connectivity index (χ4v) is 2.40. The standard InChI is InChI=1S/C18H22BrNO/c1-3-4-11-21-16-8-6-15(7-9-16)13-20-18-12-14(2)5-10-17(18)19/h5-10,12,20H,3-4,11,13H2,1-2H3. The number of hydrogen-bond acceptors (Lipinski definition) is 2. The maximum absolute atomic E-state index is 5.67. The van der Waals surface area contributed by atoms with Gasteiger partial charge in [-0.15, -0.1) is 0 Å². The van der Waals surface area contributed by atoms with E-state index in [1.807, 2.05) is 12.1 Å². The van der Waals surface area contributed by atoms with Crippen molar-refractivity contribution in [1.82, 2.24) is 0 Å². The van der Waals surface area contributed by atoms with Crippen molar-refractivity contribution in [3.63, 3.8) is 0 Å². The van der Waals surface area contributed by atoms with Crippen molar-refractivity contribution in [2.45, 2.75) is 33.2 Å². The van der Waals surface area contributed by atoms with Crippen molar-refractivity contribution in [1.29, 1.82) is 0 Å². The summed E-state index contributed by atoms with van der Waals surface area (Å²) in [6.07, 6.45) is 2.26. The number of anilines is 1. The number of rotatable bonds is 7. The molecule has 3 heteroatoms. The maximum atomic E-state index is 5.67. The van der Waals surface area contributed by atoms with E-state index in [1.54, 1.807) is 0 Å². The minimum absolute atomic E-state index is 0.796. The van der Waals surface area contributed by atoms with E-state index in [0.29, 0.717) is 0 Å². The molecule has 0 aliphatic rings. The van der Waals surface area contributed by atoms with Crippen LogP contribution in [0.5, 0.6) is 5.75 Å². The summed E-state index contributed by atoms with van der Waals surface area (Å²) in [4.78, 5) is 0. The number of ether oxygens (including phenoxy) is 1. The second-order valence-electron chi connectivity index (χ2n) is 5.18. The third-order valence-corrected chi connectivity index (χ3v) is 3.99. The molecule has 2 rings (SSSR count). The Morgan fingerprint density at radius 3 is 2.57 bits per heavy atom. The number of nitrogens with one attached hydrogen (secondary N) is 1. The summed E-state index contributed by atoms with van der Waals surface area (Å²) in [5, 5.41) is 3.45. The molecule has 0 aliphatic carbocycles. The van der Waals surface area contributed by atoms with E-state index < -0.39 is 0 Å². The van der Waals surface area contributed by atoms with Crippen LogP contribution in [0.1, 0.15) is 30.9 Å². The molecule has 0 amide bonds. The highest BCUT2D eigenvalue weighted by atomic mass is 79.9. The van der Waals surface area contributed by atoms with Gasteiger partial charge in [-0.3, -0.25) is 0 Å². The number of unbranched alkanes of at least 4 members (excludes halogenated alkanes) is 1. The van der Waals surface area contributed by atoms with E-state index >= 15 is 0 Å². The van der Waals surface area contributed by atoms with Crippen LogP contribution < -0.4 is 10.1 Å². The second-order valence-corrected chi connectivity index (χ2v) is 6.04. The smallest absolute Gasteiger partial charge is 0.119 e. The van der Waals surface area contributed by atoms with Crippen molar-refractivity contribution >= 4 is 21.6 Å². The Morgan fingerprint density at radius 2 is 1.86 bits per heavy atom. The molecule has 0 atom stereocenters. The Bertz CT molecular complexity index is 566. The monoisotopic (exact) mass is 347 g/mol. The van der Waals surface area contributed by atoms with Gasteiger partial charge in [-0.1, -0.05) is 31.5 Å². The lowest BCUT2D eigenvalue weighted by molar-refractivity contribution is 0.309. The molecule has 2 aromatic carbocycles. The number of benzene rings is 2. The molecule has 0 heterocycles. The lowest BCUT2D eigenvalue weighted by Crippen LogP contribution is -2.01. The van der Waals surface area contributed by atoms with Gasteiger partial charge in [0.05, 0.1) is 6.61 Å². The molecule has 0 fully saturated rings. The quantitative estimate of drug-likeness (QED) is 0.663. The first kappa shape index (κ1) is 15.9. The van der Waals surface area contributed by atoms with Gasteiger partial charge in [0.2, 0.25) is 0 Å². The van der Waals surface area contributed by atoms with E-state index in [0.717, 1.165) is 41.9 Å². The lowest BCUT2D eigenvalue weighted by atomic mass is 10.2. The molecule has 112 valence electrons. The Labute approximate surface area is 135 Å². The average Bonchev–Trinajstić information content (AvgIpc) is 2.50. The molecule has 0 saturated heterocycles. The van der Waals surface area contributed by atoms with Crippen LogP contribution in [-0.2, 0) is 6.54 Å². The van der Waals surface area contributed by atoms with Gasteiger partial charge in [-0.05, 0) is 64.7 Å².